The number of alkyl halides is 1. The van der Waals surface area contributed by atoms with Crippen molar-refractivity contribution in [3.63, 3.8) is 0 Å². The molecule has 7 heteroatoms. The van der Waals surface area contributed by atoms with E-state index in [-0.39, 0.29) is 35.3 Å². The third-order valence-electron chi connectivity index (χ3n) is 4.49. The molecular weight excluding hydrogens is 323 g/mol. The second-order valence-electron chi connectivity index (χ2n) is 6.26. The van der Waals surface area contributed by atoms with Gasteiger partial charge in [-0.25, -0.2) is 4.39 Å². The molecule has 0 aliphatic heterocycles. The van der Waals surface area contributed by atoms with Gasteiger partial charge >= 0.3 is 0 Å². The molecular formula is C18H21FN4O2. The molecule has 0 spiro atoms. The van der Waals surface area contributed by atoms with Crippen LogP contribution in [0.25, 0.3) is 0 Å². The smallest absolute Gasteiger partial charge is 0.271 e. The summed E-state index contributed by atoms with van der Waals surface area (Å²) >= 11 is 0. The number of benzene rings is 1. The summed E-state index contributed by atoms with van der Waals surface area (Å²) in [6.45, 7) is 1.91. The fourth-order valence-electron chi connectivity index (χ4n) is 2.90. The maximum atomic E-state index is 13.0. The second kappa shape index (κ2) is 7.04. The summed E-state index contributed by atoms with van der Waals surface area (Å²) in [5, 5.41) is 9.64. The Bertz CT molecular complexity index is 769. The highest BCUT2D eigenvalue weighted by molar-refractivity contribution is 5.98. The minimum absolute atomic E-state index is 0.165. The molecule has 1 aliphatic rings. The normalized spacial score (nSPS) is 20.4. The molecule has 1 atom stereocenters. The van der Waals surface area contributed by atoms with E-state index in [1.54, 1.807) is 4.68 Å². The Kier molecular flexibility index (Phi) is 4.83. The number of aromatic nitrogens is 2. The van der Waals surface area contributed by atoms with Crippen LogP contribution in [0.4, 0.5) is 4.39 Å². The number of nitrogens with zero attached hydrogens (tertiary/aromatic N) is 2. The predicted molar refractivity (Wildman–Crippen MR) is 91.3 cm³/mol. The number of carbonyl (C=O) groups excluding carboxylic acids is 2. The number of hydrogen-bond donors (Lipinski definition) is 2. The number of nitrogens with one attached hydrogen (secondary N) is 2. The van der Waals surface area contributed by atoms with Crippen LogP contribution in [0.15, 0.2) is 36.4 Å². The van der Waals surface area contributed by atoms with Gasteiger partial charge in [0.1, 0.15) is 11.9 Å². The molecule has 0 saturated heterocycles. The van der Waals surface area contributed by atoms with E-state index < -0.39 is 6.17 Å². The average Bonchev–Trinajstić information content (AvgIpc) is 3.05. The molecule has 0 bridgehead atoms. The second-order valence-corrected chi connectivity index (χ2v) is 6.26. The lowest BCUT2D eigenvalue weighted by Gasteiger charge is -2.30. The van der Waals surface area contributed by atoms with Crippen molar-refractivity contribution in [2.75, 3.05) is 7.05 Å². The van der Waals surface area contributed by atoms with E-state index >= 15 is 0 Å². The van der Waals surface area contributed by atoms with Crippen molar-refractivity contribution in [2.24, 2.45) is 0 Å². The molecule has 1 aliphatic carbocycles. The highest BCUT2D eigenvalue weighted by atomic mass is 19.1. The van der Waals surface area contributed by atoms with Crippen LogP contribution < -0.4 is 10.6 Å². The molecule has 1 unspecified atom stereocenters. The predicted octanol–water partition coefficient (Wildman–Crippen LogP) is 2.08. The fraction of sp³-hybridized carbons (Fsp3) is 0.389. The van der Waals surface area contributed by atoms with Crippen molar-refractivity contribution in [3.8, 4) is 0 Å². The Morgan fingerprint density at radius 3 is 2.52 bits per heavy atom. The summed E-state index contributed by atoms with van der Waals surface area (Å²) in [5.41, 5.74) is 1.43. The topological polar surface area (TPSA) is 76.0 Å². The van der Waals surface area contributed by atoms with E-state index in [2.05, 4.69) is 15.7 Å². The van der Waals surface area contributed by atoms with Crippen molar-refractivity contribution in [1.82, 2.24) is 20.4 Å². The summed E-state index contributed by atoms with van der Waals surface area (Å²) in [6.07, 6.45) is -0.188. The summed E-state index contributed by atoms with van der Waals surface area (Å²) in [6, 6.07) is 10.7. The summed E-state index contributed by atoms with van der Waals surface area (Å²) in [5.74, 6) is -0.706. The van der Waals surface area contributed by atoms with Crippen molar-refractivity contribution < 1.29 is 14.0 Å². The largest absolute Gasteiger partial charge is 0.354 e. The van der Waals surface area contributed by atoms with Crippen LogP contribution >= 0.6 is 0 Å². The van der Waals surface area contributed by atoms with Crippen molar-refractivity contribution in [3.05, 3.63) is 53.3 Å². The zero-order valence-electron chi connectivity index (χ0n) is 14.2. The molecule has 1 heterocycles. The Hall–Kier alpha value is -2.70. The van der Waals surface area contributed by atoms with Gasteiger partial charge in [0.05, 0.1) is 6.04 Å². The van der Waals surface area contributed by atoms with Crippen molar-refractivity contribution in [1.29, 1.82) is 0 Å². The lowest BCUT2D eigenvalue weighted by molar-refractivity contribution is 0.0847. The van der Waals surface area contributed by atoms with Gasteiger partial charge < -0.3 is 10.6 Å². The summed E-state index contributed by atoms with van der Waals surface area (Å²) < 4.78 is 14.5. The van der Waals surface area contributed by atoms with Gasteiger partial charge in [-0.2, -0.15) is 5.10 Å². The molecule has 1 fully saturated rings. The van der Waals surface area contributed by atoms with Gasteiger partial charge in [-0.05, 0) is 25.3 Å². The van der Waals surface area contributed by atoms with Crippen LogP contribution in [0.1, 0.15) is 52.3 Å². The molecule has 1 aromatic carbocycles. The quantitative estimate of drug-likeness (QED) is 0.872. The molecule has 6 nitrogen and oxygen atoms in total. The molecule has 2 aromatic rings. The zero-order chi connectivity index (χ0) is 18.0. The minimum atomic E-state index is -0.847. The van der Waals surface area contributed by atoms with Crippen LogP contribution in [0.3, 0.4) is 0 Å². The van der Waals surface area contributed by atoms with Crippen LogP contribution in [0.5, 0.6) is 0 Å². The SMILES string of the molecule is CNC(=O)c1cc(C(=O)NC2CC(F)C2)n(C(C)c2ccccc2)n1. The Labute approximate surface area is 145 Å². The van der Waals surface area contributed by atoms with E-state index in [0.29, 0.717) is 12.8 Å². The maximum absolute atomic E-state index is 13.0. The van der Waals surface area contributed by atoms with Crippen LogP contribution in [0.2, 0.25) is 0 Å². The average molecular weight is 344 g/mol. The lowest BCUT2D eigenvalue weighted by atomic mass is 9.91. The number of halogens is 1. The first kappa shape index (κ1) is 17.1. The van der Waals surface area contributed by atoms with Crippen LogP contribution in [-0.4, -0.2) is 40.9 Å². The van der Waals surface area contributed by atoms with Crippen LogP contribution in [-0.2, 0) is 0 Å². The summed E-state index contributed by atoms with van der Waals surface area (Å²) in [4.78, 5) is 24.5. The Balaban J connectivity index is 1.90. The Morgan fingerprint density at radius 2 is 1.92 bits per heavy atom. The highest BCUT2D eigenvalue weighted by Gasteiger charge is 2.32. The molecule has 0 radical (unpaired) electrons. The van der Waals surface area contributed by atoms with Crippen molar-refractivity contribution >= 4 is 11.8 Å². The summed E-state index contributed by atoms with van der Waals surface area (Å²) in [7, 11) is 1.51. The molecule has 132 valence electrons. The minimum Gasteiger partial charge on any atom is -0.354 e. The third kappa shape index (κ3) is 3.55. The van der Waals surface area contributed by atoms with E-state index in [4.69, 9.17) is 0 Å². The van der Waals surface area contributed by atoms with E-state index in [1.165, 1.54) is 13.1 Å². The van der Waals surface area contributed by atoms with Gasteiger partial charge in [-0.1, -0.05) is 30.3 Å². The first-order valence-electron chi connectivity index (χ1n) is 8.31. The van der Waals surface area contributed by atoms with Gasteiger partial charge in [0.2, 0.25) is 0 Å². The van der Waals surface area contributed by atoms with Gasteiger partial charge in [-0.15, -0.1) is 0 Å². The molecule has 25 heavy (non-hydrogen) atoms. The third-order valence-corrected chi connectivity index (χ3v) is 4.49. The molecule has 1 aromatic heterocycles. The van der Waals surface area contributed by atoms with Gasteiger partial charge in [0.15, 0.2) is 5.69 Å². The number of carbonyl (C=O) groups is 2. The maximum Gasteiger partial charge on any atom is 0.271 e. The lowest BCUT2D eigenvalue weighted by Crippen LogP contribution is -2.45. The fourth-order valence-corrected chi connectivity index (χ4v) is 2.90. The van der Waals surface area contributed by atoms with E-state index in [9.17, 15) is 14.0 Å². The first-order chi connectivity index (χ1) is 12.0. The molecule has 3 rings (SSSR count). The number of amides is 2. The monoisotopic (exact) mass is 344 g/mol. The molecule has 2 amide bonds. The van der Waals surface area contributed by atoms with Gasteiger partial charge in [0.25, 0.3) is 11.8 Å². The van der Waals surface area contributed by atoms with E-state index in [1.807, 2.05) is 37.3 Å². The van der Waals surface area contributed by atoms with Gasteiger partial charge in [-0.3, -0.25) is 14.3 Å². The highest BCUT2D eigenvalue weighted by Crippen LogP contribution is 2.24. The number of hydrogen-bond acceptors (Lipinski definition) is 3. The first-order valence-corrected chi connectivity index (χ1v) is 8.31. The zero-order valence-corrected chi connectivity index (χ0v) is 14.2. The van der Waals surface area contributed by atoms with E-state index in [0.717, 1.165) is 5.56 Å². The molecule has 2 N–H and O–H groups in total. The Morgan fingerprint density at radius 1 is 1.24 bits per heavy atom. The van der Waals surface area contributed by atoms with Crippen LogP contribution in [0, 0.1) is 0 Å². The van der Waals surface area contributed by atoms with Crippen molar-refractivity contribution in [2.45, 2.75) is 38.0 Å². The standard InChI is InChI=1S/C18H21FN4O2/c1-11(12-6-4-3-5-7-12)23-16(10-15(22-23)17(24)20-2)18(25)21-14-8-13(19)9-14/h3-7,10-11,13-14H,8-9H2,1-2H3,(H,20,24)(H,21,25). The van der Waals surface area contributed by atoms with Gasteiger partial charge in [0, 0.05) is 19.2 Å². The number of rotatable bonds is 5. The molecule has 1 saturated carbocycles.